The van der Waals surface area contributed by atoms with E-state index in [1.54, 1.807) is 24.3 Å². The van der Waals surface area contributed by atoms with Gasteiger partial charge in [0.05, 0.1) is 17.6 Å². The first-order chi connectivity index (χ1) is 18.5. The van der Waals surface area contributed by atoms with Gasteiger partial charge in [0.15, 0.2) is 0 Å². The van der Waals surface area contributed by atoms with Crippen molar-refractivity contribution in [3.8, 4) is 0 Å². The van der Waals surface area contributed by atoms with Gasteiger partial charge in [-0.25, -0.2) is 4.98 Å². The molecule has 0 unspecified atom stereocenters. The fourth-order valence-electron chi connectivity index (χ4n) is 5.42. The SMILES string of the molecule is CC(C)CN(Cc1nc2ccccc2n1Cc1ccccc1CN1CCCCC1)C(=O)c1ccc(Cl)cc1. The molecule has 0 spiro atoms. The van der Waals surface area contributed by atoms with Gasteiger partial charge >= 0.3 is 0 Å². The van der Waals surface area contributed by atoms with Crippen molar-refractivity contribution < 1.29 is 4.79 Å². The van der Waals surface area contributed by atoms with Gasteiger partial charge in [-0.05, 0) is 79.4 Å². The average Bonchev–Trinajstić information content (AvgIpc) is 3.26. The maximum Gasteiger partial charge on any atom is 0.254 e. The van der Waals surface area contributed by atoms with Gasteiger partial charge < -0.3 is 9.47 Å². The molecule has 5 rings (SSSR count). The zero-order valence-electron chi connectivity index (χ0n) is 22.4. The fourth-order valence-corrected chi connectivity index (χ4v) is 5.55. The van der Waals surface area contributed by atoms with E-state index < -0.39 is 0 Å². The van der Waals surface area contributed by atoms with Gasteiger partial charge in [-0.1, -0.05) is 68.3 Å². The molecule has 0 aliphatic carbocycles. The summed E-state index contributed by atoms with van der Waals surface area (Å²) in [5.41, 5.74) is 5.37. The second kappa shape index (κ2) is 12.1. The molecule has 6 heteroatoms. The lowest BCUT2D eigenvalue weighted by Gasteiger charge is -2.28. The Labute approximate surface area is 231 Å². The monoisotopic (exact) mass is 528 g/mol. The third-order valence-electron chi connectivity index (χ3n) is 7.32. The van der Waals surface area contributed by atoms with Crippen molar-refractivity contribution in [2.75, 3.05) is 19.6 Å². The lowest BCUT2D eigenvalue weighted by molar-refractivity contribution is 0.0716. The molecule has 0 atom stereocenters. The summed E-state index contributed by atoms with van der Waals surface area (Å²) in [4.78, 5) is 23.1. The Morgan fingerprint density at radius 2 is 1.55 bits per heavy atom. The molecule has 1 aliphatic heterocycles. The summed E-state index contributed by atoms with van der Waals surface area (Å²) >= 11 is 6.09. The van der Waals surface area contributed by atoms with Crippen molar-refractivity contribution in [1.29, 1.82) is 0 Å². The molecule has 0 bridgehead atoms. The number of benzene rings is 3. The Kier molecular flexibility index (Phi) is 8.45. The highest BCUT2D eigenvalue weighted by Gasteiger charge is 2.22. The van der Waals surface area contributed by atoms with E-state index in [1.165, 1.54) is 43.5 Å². The largest absolute Gasteiger partial charge is 0.331 e. The number of para-hydroxylation sites is 2. The normalized spacial score (nSPS) is 14.3. The van der Waals surface area contributed by atoms with Gasteiger partial charge in [-0.3, -0.25) is 9.69 Å². The number of halogens is 1. The number of likely N-dealkylation sites (tertiary alicyclic amines) is 1. The number of aromatic nitrogens is 2. The molecule has 5 nitrogen and oxygen atoms in total. The van der Waals surface area contributed by atoms with Crippen LogP contribution in [0.2, 0.25) is 5.02 Å². The van der Waals surface area contributed by atoms with E-state index in [9.17, 15) is 4.79 Å². The first kappa shape index (κ1) is 26.5. The van der Waals surface area contributed by atoms with E-state index in [0.717, 1.165) is 29.9 Å². The Hall–Kier alpha value is -3.15. The highest BCUT2D eigenvalue weighted by molar-refractivity contribution is 6.30. The molecule has 198 valence electrons. The first-order valence-corrected chi connectivity index (χ1v) is 14.1. The minimum atomic E-state index is -0.000489. The van der Waals surface area contributed by atoms with Crippen LogP contribution >= 0.6 is 11.6 Å². The zero-order chi connectivity index (χ0) is 26.5. The van der Waals surface area contributed by atoms with Gasteiger partial charge in [0.2, 0.25) is 0 Å². The van der Waals surface area contributed by atoms with E-state index in [1.807, 2.05) is 11.0 Å². The molecule has 1 aromatic heterocycles. The van der Waals surface area contributed by atoms with Gasteiger partial charge in [0.25, 0.3) is 5.91 Å². The van der Waals surface area contributed by atoms with Crippen molar-refractivity contribution in [3.05, 3.63) is 100 Å². The number of rotatable bonds is 9. The topological polar surface area (TPSA) is 41.4 Å². The third kappa shape index (κ3) is 6.28. The number of nitrogens with zero attached hydrogens (tertiary/aromatic N) is 4. The summed E-state index contributed by atoms with van der Waals surface area (Å²) in [6, 6.07) is 24.2. The molecule has 1 amide bonds. The molecule has 1 fully saturated rings. The van der Waals surface area contributed by atoms with Crippen molar-refractivity contribution >= 4 is 28.5 Å². The van der Waals surface area contributed by atoms with Crippen molar-refractivity contribution in [1.82, 2.24) is 19.4 Å². The number of hydrogen-bond acceptors (Lipinski definition) is 3. The molecule has 4 aromatic rings. The molecule has 3 aromatic carbocycles. The highest BCUT2D eigenvalue weighted by Crippen LogP contribution is 2.23. The van der Waals surface area contributed by atoms with E-state index in [-0.39, 0.29) is 5.91 Å². The fraction of sp³-hybridized carbons (Fsp3) is 0.375. The maximum atomic E-state index is 13.6. The lowest BCUT2D eigenvalue weighted by Crippen LogP contribution is -2.34. The van der Waals surface area contributed by atoms with Gasteiger partial charge in [0, 0.05) is 30.2 Å². The summed E-state index contributed by atoms with van der Waals surface area (Å²) in [6.45, 7) is 9.43. The van der Waals surface area contributed by atoms with Crippen LogP contribution in [0, 0.1) is 5.92 Å². The molecule has 0 radical (unpaired) electrons. The first-order valence-electron chi connectivity index (χ1n) is 13.8. The van der Waals surface area contributed by atoms with E-state index in [0.29, 0.717) is 29.6 Å². The minimum absolute atomic E-state index is 0.000489. The average molecular weight is 529 g/mol. The molecule has 1 saturated heterocycles. The second-order valence-corrected chi connectivity index (χ2v) is 11.2. The van der Waals surface area contributed by atoms with E-state index in [2.05, 4.69) is 65.8 Å². The quantitative estimate of drug-likeness (QED) is 0.234. The van der Waals surface area contributed by atoms with Crippen LogP contribution < -0.4 is 0 Å². The zero-order valence-corrected chi connectivity index (χ0v) is 23.2. The van der Waals surface area contributed by atoms with Crippen LogP contribution in [-0.4, -0.2) is 44.9 Å². The number of hydrogen-bond donors (Lipinski definition) is 0. The number of imidazole rings is 1. The predicted octanol–water partition coefficient (Wildman–Crippen LogP) is 7.02. The molecular weight excluding hydrogens is 492 g/mol. The Bertz CT molecular complexity index is 1370. The standard InChI is InChI=1S/C32H37ClN4O/c1-24(2)20-36(32(38)25-14-16-28(33)17-15-25)23-31-34-29-12-6-7-13-30(29)37(31)22-27-11-5-4-10-26(27)21-35-18-8-3-9-19-35/h4-7,10-17,24H,3,8-9,18-23H2,1-2H3. The van der Waals surface area contributed by atoms with Crippen LogP contribution in [-0.2, 0) is 19.6 Å². The summed E-state index contributed by atoms with van der Waals surface area (Å²) in [7, 11) is 0. The molecule has 1 aliphatic rings. The number of carbonyl (C=O) groups is 1. The Morgan fingerprint density at radius 1 is 0.895 bits per heavy atom. The lowest BCUT2D eigenvalue weighted by atomic mass is 10.0. The molecule has 0 saturated carbocycles. The van der Waals surface area contributed by atoms with Crippen LogP contribution in [0.5, 0.6) is 0 Å². The van der Waals surface area contributed by atoms with Crippen molar-refractivity contribution in [2.24, 2.45) is 5.92 Å². The van der Waals surface area contributed by atoms with Crippen LogP contribution in [0.25, 0.3) is 11.0 Å². The Morgan fingerprint density at radius 3 is 2.26 bits per heavy atom. The van der Waals surface area contributed by atoms with Crippen LogP contribution in [0.1, 0.15) is 60.4 Å². The maximum absolute atomic E-state index is 13.6. The number of piperidine rings is 1. The highest BCUT2D eigenvalue weighted by atomic mass is 35.5. The molecule has 2 heterocycles. The van der Waals surface area contributed by atoms with E-state index in [4.69, 9.17) is 16.6 Å². The van der Waals surface area contributed by atoms with Crippen LogP contribution in [0.15, 0.2) is 72.8 Å². The van der Waals surface area contributed by atoms with Crippen molar-refractivity contribution in [2.45, 2.75) is 52.7 Å². The molecule has 0 N–H and O–H groups in total. The summed E-state index contributed by atoms with van der Waals surface area (Å²) < 4.78 is 2.30. The number of fused-ring (bicyclic) bond motifs is 1. The van der Waals surface area contributed by atoms with Crippen LogP contribution in [0.3, 0.4) is 0 Å². The number of carbonyl (C=O) groups excluding carboxylic acids is 1. The van der Waals surface area contributed by atoms with Gasteiger partial charge in [0.1, 0.15) is 5.82 Å². The predicted molar refractivity (Wildman–Crippen MR) is 155 cm³/mol. The summed E-state index contributed by atoms with van der Waals surface area (Å²) in [6.07, 6.45) is 3.90. The molecule has 38 heavy (non-hydrogen) atoms. The molecular formula is C32H37ClN4O. The van der Waals surface area contributed by atoms with Crippen molar-refractivity contribution in [3.63, 3.8) is 0 Å². The Balaban J connectivity index is 1.47. The van der Waals surface area contributed by atoms with Crippen LogP contribution in [0.4, 0.5) is 0 Å². The van der Waals surface area contributed by atoms with E-state index >= 15 is 0 Å². The number of amides is 1. The van der Waals surface area contributed by atoms with Gasteiger partial charge in [-0.2, -0.15) is 0 Å². The minimum Gasteiger partial charge on any atom is -0.331 e. The third-order valence-corrected chi connectivity index (χ3v) is 7.57. The summed E-state index contributed by atoms with van der Waals surface area (Å²) in [5.74, 6) is 1.23. The second-order valence-electron chi connectivity index (χ2n) is 10.8. The smallest absolute Gasteiger partial charge is 0.254 e. The van der Waals surface area contributed by atoms with Gasteiger partial charge in [-0.15, -0.1) is 0 Å². The summed E-state index contributed by atoms with van der Waals surface area (Å²) in [5, 5.41) is 0.627.